The van der Waals surface area contributed by atoms with Gasteiger partial charge in [-0.05, 0) is 48.3 Å². The van der Waals surface area contributed by atoms with E-state index in [4.69, 9.17) is 11.6 Å². The predicted molar refractivity (Wildman–Crippen MR) is 104 cm³/mol. The number of rotatable bonds is 3. The molecule has 0 aliphatic heterocycles. The van der Waals surface area contributed by atoms with Gasteiger partial charge in [-0.15, -0.1) is 22.7 Å². The van der Waals surface area contributed by atoms with E-state index in [0.717, 1.165) is 29.7 Å². The normalized spacial score (nSPS) is 17.9. The van der Waals surface area contributed by atoms with Crippen LogP contribution in [0.5, 0.6) is 0 Å². The van der Waals surface area contributed by atoms with Crippen LogP contribution in [0.25, 0.3) is 0 Å². The van der Waals surface area contributed by atoms with E-state index in [9.17, 15) is 4.79 Å². The van der Waals surface area contributed by atoms with Gasteiger partial charge >= 0.3 is 0 Å². The van der Waals surface area contributed by atoms with E-state index >= 15 is 0 Å². The minimum Gasteiger partial charge on any atom is -0.267 e. The summed E-state index contributed by atoms with van der Waals surface area (Å²) in [7, 11) is 0. The molecule has 1 N–H and O–H groups in total. The molecule has 2 aromatic heterocycles. The van der Waals surface area contributed by atoms with E-state index in [-0.39, 0.29) is 5.91 Å². The average Bonchev–Trinajstić information content (AvgIpc) is 3.11. The first-order valence-corrected chi connectivity index (χ1v) is 10.1. The highest BCUT2D eigenvalue weighted by atomic mass is 35.5. The molecule has 0 saturated heterocycles. The van der Waals surface area contributed by atoms with Crippen LogP contribution in [0, 0.1) is 11.3 Å². The second kappa shape index (κ2) is 6.98. The Balaban J connectivity index is 1.67. The van der Waals surface area contributed by atoms with Gasteiger partial charge in [0.1, 0.15) is 0 Å². The molecular formula is C18H21ClN2OS2. The molecule has 24 heavy (non-hydrogen) atoms. The van der Waals surface area contributed by atoms with Crippen molar-refractivity contribution in [3.63, 3.8) is 0 Å². The van der Waals surface area contributed by atoms with E-state index in [1.165, 1.54) is 21.8 Å². The maximum atomic E-state index is 12.4. The van der Waals surface area contributed by atoms with Crippen LogP contribution in [-0.2, 0) is 12.8 Å². The number of hydrogen-bond donors (Lipinski definition) is 1. The molecule has 3 rings (SSSR count). The van der Waals surface area contributed by atoms with Crippen LogP contribution in [0.2, 0.25) is 4.34 Å². The molecule has 1 amide bonds. The second-order valence-corrected chi connectivity index (χ2v) is 9.91. The first kappa shape index (κ1) is 17.6. The summed E-state index contributed by atoms with van der Waals surface area (Å²) in [6.07, 6.45) is 4.83. The standard InChI is InChI=1S/C18H21ClN2OS2/c1-18(2,3)11-4-6-13-14(10-23-15(13)8-11)17(22)21-20-9-12-5-7-16(19)24-12/h5,7,9-11H,4,6,8H2,1-3H3,(H,21,22)/b20-9-. The zero-order valence-electron chi connectivity index (χ0n) is 14.1. The largest absolute Gasteiger partial charge is 0.272 e. The first-order chi connectivity index (χ1) is 11.3. The number of hydrogen-bond acceptors (Lipinski definition) is 4. The van der Waals surface area contributed by atoms with Gasteiger partial charge in [0, 0.05) is 15.1 Å². The van der Waals surface area contributed by atoms with Gasteiger partial charge in [0.05, 0.1) is 16.1 Å². The van der Waals surface area contributed by atoms with Crippen molar-refractivity contribution < 1.29 is 4.79 Å². The topological polar surface area (TPSA) is 41.5 Å². The van der Waals surface area contributed by atoms with Gasteiger partial charge in [-0.25, -0.2) is 5.43 Å². The molecule has 1 unspecified atom stereocenters. The number of fused-ring (bicyclic) bond motifs is 1. The lowest BCUT2D eigenvalue weighted by molar-refractivity contribution is 0.0954. The fourth-order valence-corrected chi connectivity index (χ4v) is 5.15. The molecule has 2 heterocycles. The van der Waals surface area contributed by atoms with Gasteiger partial charge in [-0.1, -0.05) is 32.4 Å². The predicted octanol–water partition coefficient (Wildman–Crippen LogP) is 5.38. The highest BCUT2D eigenvalue weighted by Crippen LogP contribution is 2.40. The van der Waals surface area contributed by atoms with E-state index in [2.05, 4.69) is 31.3 Å². The highest BCUT2D eigenvalue weighted by molar-refractivity contribution is 7.17. The van der Waals surface area contributed by atoms with Crippen LogP contribution in [0.1, 0.15) is 52.9 Å². The summed E-state index contributed by atoms with van der Waals surface area (Å²) in [6, 6.07) is 3.69. The number of hydrazone groups is 1. The fraction of sp³-hybridized carbons (Fsp3) is 0.444. The Bertz CT molecular complexity index is 770. The number of halogens is 1. The van der Waals surface area contributed by atoms with Crippen molar-refractivity contribution >= 4 is 46.4 Å². The van der Waals surface area contributed by atoms with Crippen LogP contribution < -0.4 is 5.43 Å². The third-order valence-electron chi connectivity index (χ3n) is 4.58. The van der Waals surface area contributed by atoms with Crippen molar-refractivity contribution in [3.8, 4) is 0 Å². The number of nitrogens with one attached hydrogen (secondary N) is 1. The summed E-state index contributed by atoms with van der Waals surface area (Å²) in [6.45, 7) is 6.90. The van der Waals surface area contributed by atoms with Crippen LogP contribution in [0.3, 0.4) is 0 Å². The van der Waals surface area contributed by atoms with Crippen LogP contribution in [0.4, 0.5) is 0 Å². The molecule has 3 nitrogen and oxygen atoms in total. The van der Waals surface area contributed by atoms with Crippen molar-refractivity contribution in [2.24, 2.45) is 16.4 Å². The molecule has 1 aliphatic carbocycles. The monoisotopic (exact) mass is 380 g/mol. The summed E-state index contributed by atoms with van der Waals surface area (Å²) >= 11 is 9.01. The molecule has 0 aromatic carbocycles. The summed E-state index contributed by atoms with van der Waals surface area (Å²) in [4.78, 5) is 14.7. The Morgan fingerprint density at radius 1 is 1.42 bits per heavy atom. The lowest BCUT2D eigenvalue weighted by Gasteiger charge is -2.33. The maximum absolute atomic E-state index is 12.4. The molecule has 6 heteroatoms. The van der Waals surface area contributed by atoms with Gasteiger partial charge in [0.15, 0.2) is 0 Å². The molecule has 1 aliphatic rings. The number of thiophene rings is 2. The zero-order chi connectivity index (χ0) is 17.3. The minimum atomic E-state index is -0.124. The summed E-state index contributed by atoms with van der Waals surface area (Å²) in [5.74, 6) is 0.557. The number of carbonyl (C=O) groups is 1. The zero-order valence-corrected chi connectivity index (χ0v) is 16.4. The quantitative estimate of drug-likeness (QED) is 0.563. The minimum absolute atomic E-state index is 0.124. The van der Waals surface area contributed by atoms with Crippen molar-refractivity contribution in [2.75, 3.05) is 0 Å². The second-order valence-electron chi connectivity index (χ2n) is 7.20. The molecule has 0 bridgehead atoms. The van der Waals surface area contributed by atoms with Gasteiger partial charge < -0.3 is 0 Å². The van der Waals surface area contributed by atoms with Crippen molar-refractivity contribution in [3.05, 3.63) is 42.7 Å². The van der Waals surface area contributed by atoms with Crippen molar-refractivity contribution in [1.29, 1.82) is 0 Å². The molecular weight excluding hydrogens is 360 g/mol. The molecule has 0 spiro atoms. The summed E-state index contributed by atoms with van der Waals surface area (Å²) in [5, 5.41) is 6.02. The lowest BCUT2D eigenvalue weighted by atomic mass is 9.72. The van der Waals surface area contributed by atoms with Crippen molar-refractivity contribution in [2.45, 2.75) is 40.0 Å². The maximum Gasteiger partial charge on any atom is 0.272 e. The third-order valence-corrected chi connectivity index (χ3v) is 6.79. The number of carbonyl (C=O) groups excluding carboxylic acids is 1. The number of amides is 1. The highest BCUT2D eigenvalue weighted by Gasteiger charge is 2.31. The SMILES string of the molecule is CC(C)(C)C1CCc2c(C(=O)N/N=C\c3ccc(Cl)s3)csc2C1. The van der Waals surface area contributed by atoms with E-state index in [0.29, 0.717) is 15.7 Å². The van der Waals surface area contributed by atoms with Gasteiger partial charge in [-0.3, -0.25) is 4.79 Å². The van der Waals surface area contributed by atoms with E-state index < -0.39 is 0 Å². The van der Waals surface area contributed by atoms with Gasteiger partial charge in [0.25, 0.3) is 5.91 Å². The molecule has 0 radical (unpaired) electrons. The molecule has 1 atom stereocenters. The summed E-state index contributed by atoms with van der Waals surface area (Å²) in [5.41, 5.74) is 4.95. The van der Waals surface area contributed by atoms with E-state index in [1.54, 1.807) is 17.6 Å². The average molecular weight is 381 g/mol. The molecule has 0 fully saturated rings. The van der Waals surface area contributed by atoms with Gasteiger partial charge in [-0.2, -0.15) is 5.10 Å². The summed E-state index contributed by atoms with van der Waals surface area (Å²) < 4.78 is 0.711. The lowest BCUT2D eigenvalue weighted by Crippen LogP contribution is -2.27. The van der Waals surface area contributed by atoms with Crippen molar-refractivity contribution in [1.82, 2.24) is 5.43 Å². The number of nitrogens with zero attached hydrogens (tertiary/aromatic N) is 1. The van der Waals surface area contributed by atoms with Crippen LogP contribution in [-0.4, -0.2) is 12.1 Å². The Kier molecular flexibility index (Phi) is 5.13. The van der Waals surface area contributed by atoms with E-state index in [1.807, 2.05) is 17.5 Å². The molecule has 0 saturated carbocycles. The molecule has 2 aromatic rings. The fourth-order valence-electron chi connectivity index (χ4n) is 3.05. The Hall–Kier alpha value is -1.17. The van der Waals surface area contributed by atoms with Crippen LogP contribution in [0.15, 0.2) is 22.6 Å². The third kappa shape index (κ3) is 3.90. The smallest absolute Gasteiger partial charge is 0.267 e. The first-order valence-electron chi connectivity index (χ1n) is 8.02. The Morgan fingerprint density at radius 2 is 2.21 bits per heavy atom. The van der Waals surface area contributed by atoms with Gasteiger partial charge in [0.2, 0.25) is 0 Å². The Labute approximate surface area is 155 Å². The molecule has 128 valence electrons. The van der Waals surface area contributed by atoms with Crippen LogP contribution >= 0.6 is 34.3 Å². The Morgan fingerprint density at radius 3 is 2.88 bits per heavy atom.